The van der Waals surface area contributed by atoms with Gasteiger partial charge in [-0.1, -0.05) is 36.4 Å². The highest BCUT2D eigenvalue weighted by Crippen LogP contribution is 2.33. The molecular formula is C26H32N2O7S. The normalized spacial score (nSPS) is 16.1. The van der Waals surface area contributed by atoms with E-state index in [-0.39, 0.29) is 24.2 Å². The summed E-state index contributed by atoms with van der Waals surface area (Å²) in [6, 6.07) is 15.7. The maximum absolute atomic E-state index is 13.8. The zero-order valence-electron chi connectivity index (χ0n) is 20.8. The Bertz CT molecular complexity index is 1300. The third-order valence-corrected chi connectivity index (χ3v) is 8.37. The van der Waals surface area contributed by atoms with Gasteiger partial charge in [0, 0.05) is 46.2 Å². The fraction of sp³-hybridized carbons (Fsp3) is 0.423. The van der Waals surface area contributed by atoms with Gasteiger partial charge in [-0.2, -0.15) is 0 Å². The number of carbonyl (C=O) groups excluding carboxylic acids is 1. The lowest BCUT2D eigenvalue weighted by molar-refractivity contribution is -0.228. The van der Waals surface area contributed by atoms with Gasteiger partial charge in [-0.05, 0) is 36.6 Å². The summed E-state index contributed by atoms with van der Waals surface area (Å²) in [5.74, 6) is -1.51. The lowest BCUT2D eigenvalue weighted by Gasteiger charge is -2.39. The van der Waals surface area contributed by atoms with Gasteiger partial charge in [0.15, 0.2) is 0 Å². The molecule has 2 heterocycles. The van der Waals surface area contributed by atoms with E-state index >= 15 is 0 Å². The minimum Gasteiger partial charge on any atom is -0.359 e. The first-order valence-electron chi connectivity index (χ1n) is 11.8. The molecule has 1 aliphatic rings. The van der Waals surface area contributed by atoms with Crippen molar-refractivity contribution in [2.45, 2.75) is 36.6 Å². The number of ether oxygens (including phenoxy) is 4. The Kier molecular flexibility index (Phi) is 8.11. The van der Waals surface area contributed by atoms with Gasteiger partial charge in [-0.25, -0.2) is 12.4 Å². The number of para-hydroxylation sites is 1. The van der Waals surface area contributed by atoms with Gasteiger partial charge in [0.25, 0.3) is 15.9 Å². The van der Waals surface area contributed by atoms with Crippen molar-refractivity contribution < 1.29 is 32.2 Å². The molecule has 1 fully saturated rings. The number of hydrogen-bond donors (Lipinski definition) is 0. The minimum atomic E-state index is -3.92. The van der Waals surface area contributed by atoms with Gasteiger partial charge in [-0.3, -0.25) is 4.79 Å². The summed E-state index contributed by atoms with van der Waals surface area (Å²) in [6.07, 6.45) is 1.65. The third-order valence-electron chi connectivity index (χ3n) is 6.60. The molecule has 0 spiro atoms. The van der Waals surface area contributed by atoms with Gasteiger partial charge in [-0.15, -0.1) is 0 Å². The van der Waals surface area contributed by atoms with Crippen LogP contribution in [0.5, 0.6) is 0 Å². The van der Waals surface area contributed by atoms with Crippen molar-refractivity contribution in [2.75, 3.05) is 41.2 Å². The van der Waals surface area contributed by atoms with Crippen molar-refractivity contribution in [2.24, 2.45) is 0 Å². The Hall–Kier alpha value is -2.76. The molecule has 1 aromatic heterocycles. The average molecular weight is 517 g/mol. The second-order valence-corrected chi connectivity index (χ2v) is 10.4. The third kappa shape index (κ3) is 4.79. The highest BCUT2D eigenvalue weighted by molar-refractivity contribution is 7.90. The standard InChI is InChI=1S/C26H32N2O7S/c1-32-19-35-18-24-22(14-17-27-16-9-15-26(33-2,34-3)25(27)29)21-12-7-8-13-23(21)28(24)36(30,31)20-10-5-4-6-11-20/h4-8,10-13H,9,14-19H2,1-3H3. The molecule has 0 radical (unpaired) electrons. The molecule has 1 amide bonds. The molecule has 10 heteroatoms. The summed E-state index contributed by atoms with van der Waals surface area (Å²) in [5, 5.41) is 0.794. The Morgan fingerprint density at radius 3 is 2.36 bits per heavy atom. The number of benzene rings is 2. The van der Waals surface area contributed by atoms with E-state index in [1.807, 2.05) is 18.2 Å². The number of piperidine rings is 1. The molecule has 0 N–H and O–H groups in total. The van der Waals surface area contributed by atoms with Crippen LogP contribution in [-0.2, 0) is 46.8 Å². The Morgan fingerprint density at radius 1 is 0.972 bits per heavy atom. The number of methoxy groups -OCH3 is 3. The topological polar surface area (TPSA) is 96.3 Å². The van der Waals surface area contributed by atoms with Crippen molar-refractivity contribution >= 4 is 26.8 Å². The highest BCUT2D eigenvalue weighted by atomic mass is 32.2. The molecule has 0 unspecified atom stereocenters. The number of rotatable bonds is 11. The van der Waals surface area contributed by atoms with Crippen LogP contribution in [-0.4, -0.2) is 70.2 Å². The molecule has 0 atom stereocenters. The lowest BCUT2D eigenvalue weighted by atomic mass is 10.0. The van der Waals surface area contributed by atoms with E-state index in [0.29, 0.717) is 37.1 Å². The quantitative estimate of drug-likeness (QED) is 0.285. The first-order chi connectivity index (χ1) is 17.4. The molecule has 194 valence electrons. The van der Waals surface area contributed by atoms with Gasteiger partial charge in [0.05, 0.1) is 22.7 Å². The Labute approximate surface area is 211 Å². The van der Waals surface area contributed by atoms with Crippen LogP contribution in [0.2, 0.25) is 0 Å². The van der Waals surface area contributed by atoms with E-state index in [1.54, 1.807) is 41.3 Å². The van der Waals surface area contributed by atoms with Crippen LogP contribution >= 0.6 is 0 Å². The van der Waals surface area contributed by atoms with Gasteiger partial charge < -0.3 is 23.8 Å². The summed E-state index contributed by atoms with van der Waals surface area (Å²) in [7, 11) is 0.534. The van der Waals surface area contributed by atoms with Gasteiger partial charge in [0.2, 0.25) is 5.79 Å². The monoisotopic (exact) mass is 516 g/mol. The first kappa shape index (κ1) is 26.3. The van der Waals surface area contributed by atoms with E-state index in [2.05, 4.69) is 0 Å². The molecule has 1 aliphatic heterocycles. The molecule has 4 rings (SSSR count). The maximum Gasteiger partial charge on any atom is 0.282 e. The molecular weight excluding hydrogens is 484 g/mol. The summed E-state index contributed by atoms with van der Waals surface area (Å²) in [4.78, 5) is 15.1. The van der Waals surface area contributed by atoms with Crippen LogP contribution < -0.4 is 0 Å². The van der Waals surface area contributed by atoms with E-state index < -0.39 is 15.8 Å². The van der Waals surface area contributed by atoms with Crippen molar-refractivity contribution in [3.63, 3.8) is 0 Å². The van der Waals surface area contributed by atoms with E-state index in [1.165, 1.54) is 25.3 Å². The zero-order valence-corrected chi connectivity index (χ0v) is 21.6. The summed E-state index contributed by atoms with van der Waals surface area (Å²) in [6.45, 7) is 0.993. The largest absolute Gasteiger partial charge is 0.359 e. The highest BCUT2D eigenvalue weighted by Gasteiger charge is 2.44. The summed E-state index contributed by atoms with van der Waals surface area (Å²) < 4.78 is 50.6. The van der Waals surface area contributed by atoms with Crippen LogP contribution in [0.25, 0.3) is 10.9 Å². The lowest BCUT2D eigenvalue weighted by Crippen LogP contribution is -2.56. The minimum absolute atomic E-state index is 0.0150. The van der Waals surface area contributed by atoms with Crippen LogP contribution in [0.15, 0.2) is 59.5 Å². The van der Waals surface area contributed by atoms with Gasteiger partial charge in [0.1, 0.15) is 6.79 Å². The Morgan fingerprint density at radius 2 is 1.67 bits per heavy atom. The predicted molar refractivity (Wildman–Crippen MR) is 134 cm³/mol. The molecule has 1 saturated heterocycles. The summed E-state index contributed by atoms with van der Waals surface area (Å²) in [5.41, 5.74) is 1.87. The number of carbonyl (C=O) groups is 1. The predicted octanol–water partition coefficient (Wildman–Crippen LogP) is 3.15. The molecule has 36 heavy (non-hydrogen) atoms. The summed E-state index contributed by atoms with van der Waals surface area (Å²) >= 11 is 0. The number of fused-ring (bicyclic) bond motifs is 1. The van der Waals surface area contributed by atoms with E-state index in [0.717, 1.165) is 17.4 Å². The van der Waals surface area contributed by atoms with Crippen LogP contribution in [0.4, 0.5) is 0 Å². The molecule has 2 aromatic carbocycles. The van der Waals surface area contributed by atoms with Crippen molar-refractivity contribution in [3.8, 4) is 0 Å². The number of likely N-dealkylation sites (tertiary alicyclic amines) is 1. The van der Waals surface area contributed by atoms with Crippen LogP contribution in [0.1, 0.15) is 24.1 Å². The molecule has 0 saturated carbocycles. The maximum atomic E-state index is 13.8. The smallest absolute Gasteiger partial charge is 0.282 e. The van der Waals surface area contributed by atoms with Gasteiger partial charge >= 0.3 is 0 Å². The fourth-order valence-corrected chi connectivity index (χ4v) is 6.41. The number of aromatic nitrogens is 1. The van der Waals surface area contributed by atoms with Crippen molar-refractivity contribution in [1.29, 1.82) is 0 Å². The molecule has 0 bridgehead atoms. The molecule has 0 aliphatic carbocycles. The fourth-order valence-electron chi connectivity index (χ4n) is 4.82. The number of hydrogen-bond acceptors (Lipinski definition) is 7. The first-order valence-corrected chi connectivity index (χ1v) is 13.2. The second-order valence-electron chi connectivity index (χ2n) is 8.59. The number of amides is 1. The molecule has 3 aromatic rings. The number of nitrogens with zero attached hydrogens (tertiary/aromatic N) is 2. The molecule has 9 nitrogen and oxygen atoms in total. The van der Waals surface area contributed by atoms with Crippen LogP contribution in [0, 0.1) is 0 Å². The second kappa shape index (κ2) is 11.1. The van der Waals surface area contributed by atoms with Crippen molar-refractivity contribution in [3.05, 3.63) is 65.9 Å². The van der Waals surface area contributed by atoms with E-state index in [9.17, 15) is 13.2 Å². The van der Waals surface area contributed by atoms with E-state index in [4.69, 9.17) is 18.9 Å². The Balaban J connectivity index is 1.77. The van der Waals surface area contributed by atoms with Crippen LogP contribution in [0.3, 0.4) is 0 Å². The zero-order chi connectivity index (χ0) is 25.8. The van der Waals surface area contributed by atoms with Crippen molar-refractivity contribution in [1.82, 2.24) is 8.87 Å². The average Bonchev–Trinajstić information content (AvgIpc) is 3.23. The SMILES string of the molecule is COCOCc1c(CCN2CCCC(OC)(OC)C2=O)c2ccccc2n1S(=O)(=O)c1ccccc1.